The van der Waals surface area contributed by atoms with Crippen molar-refractivity contribution in [1.82, 2.24) is 5.32 Å². The van der Waals surface area contributed by atoms with Gasteiger partial charge in [-0.2, -0.15) is 0 Å². The van der Waals surface area contributed by atoms with Crippen LogP contribution in [0.15, 0.2) is 77.7 Å². The second-order valence-electron chi connectivity index (χ2n) is 10.8. The van der Waals surface area contributed by atoms with E-state index in [0.29, 0.717) is 30.8 Å². The van der Waals surface area contributed by atoms with Gasteiger partial charge in [0.15, 0.2) is 6.29 Å². The maximum atomic E-state index is 12.6. The predicted molar refractivity (Wildman–Crippen MR) is 172 cm³/mol. The Morgan fingerprint density at radius 1 is 0.841 bits per heavy atom. The SMILES string of the molecule is CC(=O)NCCCCCC(=O)Nc1cccc(C2OC(CSc3ccc(NC(C)=O)cc3)CC(c3ccc(CO)cc3)O2)c1. The van der Waals surface area contributed by atoms with Gasteiger partial charge in [0.25, 0.3) is 0 Å². The average Bonchev–Trinajstić information content (AvgIpc) is 3.02. The van der Waals surface area contributed by atoms with Crippen LogP contribution in [0, 0.1) is 0 Å². The Hall–Kier alpha value is -3.70. The summed E-state index contributed by atoms with van der Waals surface area (Å²) in [5.41, 5.74) is 4.09. The van der Waals surface area contributed by atoms with Crippen LogP contribution < -0.4 is 16.0 Å². The minimum Gasteiger partial charge on any atom is -0.392 e. The minimum atomic E-state index is -0.635. The molecule has 9 nitrogen and oxygen atoms in total. The maximum Gasteiger partial charge on any atom is 0.224 e. The fraction of sp³-hybridized carbons (Fsp3) is 0.382. The largest absolute Gasteiger partial charge is 0.392 e. The highest BCUT2D eigenvalue weighted by Gasteiger charge is 2.32. The number of aliphatic hydroxyl groups excluding tert-OH is 1. The number of rotatable bonds is 14. The summed E-state index contributed by atoms with van der Waals surface area (Å²) in [7, 11) is 0. The van der Waals surface area contributed by atoms with Gasteiger partial charge in [0.05, 0.1) is 18.8 Å². The first kappa shape index (κ1) is 33.2. The number of nitrogens with one attached hydrogen (secondary N) is 3. The van der Waals surface area contributed by atoms with Crippen LogP contribution in [0.2, 0.25) is 0 Å². The van der Waals surface area contributed by atoms with Crippen molar-refractivity contribution >= 4 is 40.9 Å². The van der Waals surface area contributed by atoms with E-state index in [1.54, 1.807) is 11.8 Å². The molecular formula is C34H41N3O6S. The third kappa shape index (κ3) is 10.8. The molecular weight excluding hydrogens is 578 g/mol. The lowest BCUT2D eigenvalue weighted by molar-refractivity contribution is -0.245. The highest BCUT2D eigenvalue weighted by atomic mass is 32.2. The molecule has 4 N–H and O–H groups in total. The summed E-state index contributed by atoms with van der Waals surface area (Å²) in [6.07, 6.45) is 2.52. The van der Waals surface area contributed by atoms with Crippen molar-refractivity contribution in [2.24, 2.45) is 0 Å². The van der Waals surface area contributed by atoms with Gasteiger partial charge in [0, 0.05) is 60.8 Å². The molecule has 1 aliphatic rings. The van der Waals surface area contributed by atoms with Gasteiger partial charge in [0.1, 0.15) is 0 Å². The first-order valence-electron chi connectivity index (χ1n) is 14.9. The van der Waals surface area contributed by atoms with Crippen molar-refractivity contribution in [1.29, 1.82) is 0 Å². The van der Waals surface area contributed by atoms with Crippen molar-refractivity contribution in [3.05, 3.63) is 89.5 Å². The van der Waals surface area contributed by atoms with Gasteiger partial charge < -0.3 is 30.5 Å². The fourth-order valence-corrected chi connectivity index (χ4v) is 5.81. The fourth-order valence-electron chi connectivity index (χ4n) is 4.89. The van der Waals surface area contributed by atoms with E-state index in [0.717, 1.165) is 46.5 Å². The zero-order valence-electron chi connectivity index (χ0n) is 25.2. The molecule has 0 bridgehead atoms. The molecule has 3 amide bonds. The van der Waals surface area contributed by atoms with Crippen LogP contribution in [0.25, 0.3) is 0 Å². The molecule has 1 aliphatic heterocycles. The Morgan fingerprint density at radius 2 is 1.61 bits per heavy atom. The third-order valence-corrected chi connectivity index (χ3v) is 8.27. The zero-order chi connectivity index (χ0) is 31.3. The van der Waals surface area contributed by atoms with Crippen LogP contribution in [0.3, 0.4) is 0 Å². The van der Waals surface area contributed by atoms with Crippen molar-refractivity contribution in [2.45, 2.75) is 76.0 Å². The standard InChI is InChI=1S/C34H41N3O6S/c1-23(39)35-18-5-3-4-9-33(41)37-29-8-6-7-27(19-29)34-42-30(20-32(43-34)26-12-10-25(21-38)11-13-26)22-44-31-16-14-28(15-17-31)36-24(2)40/h6-8,10-17,19,30,32,34,38H,3-5,9,18,20-22H2,1-2H3,(H,35,39)(H,36,40)(H,37,41). The number of hydrogen-bond donors (Lipinski definition) is 4. The van der Waals surface area contributed by atoms with Crippen molar-refractivity contribution in [3.63, 3.8) is 0 Å². The molecule has 0 aromatic heterocycles. The highest BCUT2D eigenvalue weighted by molar-refractivity contribution is 7.99. The first-order chi connectivity index (χ1) is 21.3. The molecule has 1 fully saturated rings. The van der Waals surface area contributed by atoms with Gasteiger partial charge >= 0.3 is 0 Å². The lowest BCUT2D eigenvalue weighted by Gasteiger charge is -2.36. The Morgan fingerprint density at radius 3 is 2.32 bits per heavy atom. The zero-order valence-corrected chi connectivity index (χ0v) is 26.0. The van der Waals surface area contributed by atoms with Gasteiger partial charge in [-0.1, -0.05) is 42.8 Å². The molecule has 234 valence electrons. The van der Waals surface area contributed by atoms with Crippen molar-refractivity contribution < 1.29 is 29.0 Å². The molecule has 0 radical (unpaired) electrons. The van der Waals surface area contributed by atoms with Crippen LogP contribution >= 0.6 is 11.8 Å². The summed E-state index contributed by atoms with van der Waals surface area (Å²) in [6.45, 7) is 3.58. The Balaban J connectivity index is 1.40. The lowest BCUT2D eigenvalue weighted by atomic mass is 10.0. The van der Waals surface area contributed by atoms with Gasteiger partial charge in [0.2, 0.25) is 17.7 Å². The summed E-state index contributed by atoms with van der Waals surface area (Å²) in [5.74, 6) is 0.485. The molecule has 1 heterocycles. The molecule has 0 spiro atoms. The smallest absolute Gasteiger partial charge is 0.224 e. The molecule has 44 heavy (non-hydrogen) atoms. The second kappa shape index (κ2) is 17.0. The van der Waals surface area contributed by atoms with Crippen LogP contribution in [-0.2, 0) is 30.5 Å². The summed E-state index contributed by atoms with van der Waals surface area (Å²) in [4.78, 5) is 36.0. The number of carbonyl (C=O) groups excluding carboxylic acids is 3. The molecule has 0 aliphatic carbocycles. The molecule has 1 saturated heterocycles. The van der Waals surface area contributed by atoms with E-state index in [4.69, 9.17) is 9.47 Å². The van der Waals surface area contributed by atoms with E-state index in [1.165, 1.54) is 13.8 Å². The summed E-state index contributed by atoms with van der Waals surface area (Å²) in [5, 5.41) is 18.0. The average molecular weight is 620 g/mol. The molecule has 0 saturated carbocycles. The molecule has 3 aromatic carbocycles. The monoisotopic (exact) mass is 619 g/mol. The number of thioether (sulfide) groups is 1. The van der Waals surface area contributed by atoms with Gasteiger partial charge in [-0.3, -0.25) is 14.4 Å². The quantitative estimate of drug-likeness (QED) is 0.127. The number of hydrogen-bond acceptors (Lipinski definition) is 7. The minimum absolute atomic E-state index is 0.0207. The van der Waals surface area contributed by atoms with E-state index in [-0.39, 0.29) is 36.5 Å². The van der Waals surface area contributed by atoms with Crippen molar-refractivity contribution in [2.75, 3.05) is 22.9 Å². The number of benzene rings is 3. The summed E-state index contributed by atoms with van der Waals surface area (Å²) in [6, 6.07) is 23.1. The molecule has 10 heteroatoms. The van der Waals surface area contributed by atoms with E-state index in [2.05, 4.69) is 16.0 Å². The van der Waals surface area contributed by atoms with E-state index in [1.807, 2.05) is 72.8 Å². The lowest BCUT2D eigenvalue weighted by Crippen LogP contribution is -2.31. The summed E-state index contributed by atoms with van der Waals surface area (Å²) >= 11 is 1.68. The normalized spacial score (nSPS) is 17.9. The highest BCUT2D eigenvalue weighted by Crippen LogP contribution is 2.40. The van der Waals surface area contributed by atoms with E-state index < -0.39 is 6.29 Å². The molecule has 3 unspecified atom stereocenters. The van der Waals surface area contributed by atoms with Crippen LogP contribution in [0.4, 0.5) is 11.4 Å². The Bertz CT molecular complexity index is 1380. The van der Waals surface area contributed by atoms with E-state index >= 15 is 0 Å². The number of anilines is 2. The van der Waals surface area contributed by atoms with Gasteiger partial charge in [-0.15, -0.1) is 11.8 Å². The van der Waals surface area contributed by atoms with E-state index in [9.17, 15) is 19.5 Å². The van der Waals surface area contributed by atoms with Gasteiger partial charge in [-0.05, 0) is 60.4 Å². The number of aliphatic hydroxyl groups is 1. The van der Waals surface area contributed by atoms with Crippen LogP contribution in [-0.4, -0.2) is 41.2 Å². The topological polar surface area (TPSA) is 126 Å². The molecule has 4 rings (SSSR count). The van der Waals surface area contributed by atoms with Crippen LogP contribution in [0.1, 0.15) is 75.0 Å². The number of amides is 3. The molecule has 3 atom stereocenters. The maximum absolute atomic E-state index is 12.6. The first-order valence-corrected chi connectivity index (χ1v) is 15.9. The third-order valence-electron chi connectivity index (χ3n) is 7.12. The van der Waals surface area contributed by atoms with Crippen molar-refractivity contribution in [3.8, 4) is 0 Å². The number of ether oxygens (including phenoxy) is 2. The number of unbranched alkanes of at least 4 members (excludes halogenated alkanes) is 2. The Labute approximate surface area is 263 Å². The Kier molecular flexibility index (Phi) is 12.8. The van der Waals surface area contributed by atoms with Gasteiger partial charge in [-0.25, -0.2) is 0 Å². The number of carbonyl (C=O) groups is 3. The summed E-state index contributed by atoms with van der Waals surface area (Å²) < 4.78 is 12.9. The predicted octanol–water partition coefficient (Wildman–Crippen LogP) is 6.11. The van der Waals surface area contributed by atoms with Crippen LogP contribution in [0.5, 0.6) is 0 Å². The second-order valence-corrected chi connectivity index (χ2v) is 11.9. The molecule has 3 aromatic rings.